The number of unbranched alkanes of at least 4 members (excludes halogenated alkanes) is 3. The topological polar surface area (TPSA) is 83.2 Å². The number of carbonyl (C=O) groups is 2. The number of benzene rings is 2. The average Bonchev–Trinajstić information content (AvgIpc) is 3.58. The lowest BCUT2D eigenvalue weighted by molar-refractivity contribution is -0.145. The van der Waals surface area contributed by atoms with Crippen LogP contribution in [0.2, 0.25) is 0 Å². The van der Waals surface area contributed by atoms with E-state index in [0.29, 0.717) is 52.7 Å². The maximum absolute atomic E-state index is 14.3. The summed E-state index contributed by atoms with van der Waals surface area (Å²) in [7, 11) is 0. The van der Waals surface area contributed by atoms with Gasteiger partial charge in [0.1, 0.15) is 11.6 Å². The van der Waals surface area contributed by atoms with Gasteiger partial charge in [-0.25, -0.2) is 4.39 Å². The lowest BCUT2D eigenvalue weighted by atomic mass is 9.45. The van der Waals surface area contributed by atoms with Crippen LogP contribution in [0.1, 0.15) is 119 Å². The van der Waals surface area contributed by atoms with Crippen molar-refractivity contribution >= 4 is 22.6 Å². The van der Waals surface area contributed by atoms with Gasteiger partial charge < -0.3 is 20.4 Å². The molecule has 4 fully saturated rings. The molecule has 3 aromatic rings. The lowest BCUT2D eigenvalue weighted by Crippen LogP contribution is -2.54. The molecule has 2 aromatic carbocycles. The van der Waals surface area contributed by atoms with Gasteiger partial charge in [0.25, 0.3) is 5.91 Å². The van der Waals surface area contributed by atoms with Gasteiger partial charge in [-0.05, 0) is 134 Å². The Balaban J connectivity index is 0.752. The molecule has 3 N–H and O–H groups in total. The van der Waals surface area contributed by atoms with Crippen molar-refractivity contribution in [3.8, 4) is 11.3 Å². The van der Waals surface area contributed by atoms with Crippen molar-refractivity contribution in [1.29, 1.82) is 0 Å². The number of hydrogen-bond donors (Lipinski definition) is 3. The number of fused-ring (bicyclic) bond motifs is 5. The van der Waals surface area contributed by atoms with Crippen molar-refractivity contribution < 1.29 is 18.7 Å². The van der Waals surface area contributed by atoms with Crippen LogP contribution in [0.15, 0.2) is 36.4 Å². The van der Waals surface area contributed by atoms with Crippen molar-refractivity contribution in [2.24, 2.45) is 34.5 Å². The van der Waals surface area contributed by atoms with Crippen LogP contribution in [0.5, 0.6) is 0 Å². The number of H-pyrrole nitrogens is 1. The van der Waals surface area contributed by atoms with Gasteiger partial charge in [0.2, 0.25) is 0 Å². The molecule has 50 heavy (non-hydrogen) atoms. The van der Waals surface area contributed by atoms with Crippen LogP contribution in [-0.2, 0) is 22.5 Å². The summed E-state index contributed by atoms with van der Waals surface area (Å²) in [5.74, 6) is 2.99. The predicted molar refractivity (Wildman–Crippen MR) is 196 cm³/mol. The molecule has 268 valence electrons. The summed E-state index contributed by atoms with van der Waals surface area (Å²) in [5.41, 5.74) is 6.15. The molecular weight excluding hydrogens is 625 g/mol. The number of amides is 1. The van der Waals surface area contributed by atoms with Crippen LogP contribution in [0.4, 0.5) is 4.39 Å². The summed E-state index contributed by atoms with van der Waals surface area (Å²) in [6.45, 7) is 8.37. The van der Waals surface area contributed by atoms with E-state index in [2.05, 4.69) is 53.7 Å². The highest BCUT2D eigenvalue weighted by Gasteiger charge is 2.60. The first-order valence-electron chi connectivity index (χ1n) is 19.8. The van der Waals surface area contributed by atoms with E-state index in [1.54, 1.807) is 0 Å². The number of hydrogen-bond acceptors (Lipinski definition) is 4. The lowest BCUT2D eigenvalue weighted by Gasteiger charge is -2.60. The van der Waals surface area contributed by atoms with Crippen molar-refractivity contribution in [2.45, 2.75) is 116 Å². The van der Waals surface area contributed by atoms with Crippen molar-refractivity contribution in [3.05, 3.63) is 58.9 Å². The third kappa shape index (κ3) is 6.14. The monoisotopic (exact) mass is 681 g/mol. The van der Waals surface area contributed by atoms with Crippen molar-refractivity contribution in [2.75, 3.05) is 19.7 Å². The fourth-order valence-electron chi connectivity index (χ4n) is 11.7. The Morgan fingerprint density at radius 3 is 2.58 bits per heavy atom. The maximum atomic E-state index is 14.3. The highest BCUT2D eigenvalue weighted by atomic mass is 19.1. The first kappa shape index (κ1) is 34.1. The highest BCUT2D eigenvalue weighted by molar-refractivity contribution is 6.10. The van der Waals surface area contributed by atoms with E-state index >= 15 is 0 Å². The Labute approximate surface area is 297 Å². The summed E-state index contributed by atoms with van der Waals surface area (Å²) in [6.07, 6.45) is 16.5. The number of rotatable bonds is 11. The zero-order valence-corrected chi connectivity index (χ0v) is 30.2. The number of ether oxygens (including phenoxy) is 1. The number of halogens is 1. The smallest absolute Gasteiger partial charge is 0.252 e. The minimum Gasteiger partial charge on any atom is -0.378 e. The molecule has 0 saturated heterocycles. The van der Waals surface area contributed by atoms with Crippen LogP contribution in [0.3, 0.4) is 0 Å². The number of ketones is 1. The van der Waals surface area contributed by atoms with Crippen LogP contribution in [0, 0.1) is 40.3 Å². The largest absolute Gasteiger partial charge is 0.378 e. The molecule has 4 aliphatic carbocycles. The molecule has 4 saturated carbocycles. The minimum atomic E-state index is -0.403. The molecule has 6 nitrogen and oxygen atoms in total. The molecule has 7 atom stereocenters. The summed E-state index contributed by atoms with van der Waals surface area (Å²) >= 11 is 0. The molecule has 1 aliphatic heterocycles. The predicted octanol–water partition coefficient (Wildman–Crippen LogP) is 8.91. The Bertz CT molecular complexity index is 1730. The first-order chi connectivity index (χ1) is 24.2. The average molecular weight is 682 g/mol. The minimum absolute atomic E-state index is 0.213. The third-order valence-electron chi connectivity index (χ3n) is 14.4. The fraction of sp³-hybridized carbons (Fsp3) is 0.628. The van der Waals surface area contributed by atoms with Gasteiger partial charge in [0.15, 0.2) is 0 Å². The summed E-state index contributed by atoms with van der Waals surface area (Å²) in [6, 6.07) is 11.4. The molecule has 5 aliphatic rings. The SMILES string of the molecule is C[C@]12CCC(=O)C[C@@H]1CC[C@@H]1[C@@H]2CC[C@]2(C)[C@@H](OCCCCCCNCc3ccc(-c4[nH]c5cc(F)cc6c5c4CCNC6=O)cc3)CC[C@@H]12. The molecular formula is C43H56FN3O3. The first-order valence-corrected chi connectivity index (χ1v) is 19.8. The van der Waals surface area contributed by atoms with Gasteiger partial charge in [-0.2, -0.15) is 0 Å². The summed E-state index contributed by atoms with van der Waals surface area (Å²) < 4.78 is 20.9. The van der Waals surface area contributed by atoms with E-state index in [4.69, 9.17) is 4.74 Å². The van der Waals surface area contributed by atoms with Gasteiger partial charge in [-0.1, -0.05) is 51.0 Å². The van der Waals surface area contributed by atoms with E-state index in [0.717, 1.165) is 85.3 Å². The molecule has 2 heterocycles. The quantitative estimate of drug-likeness (QED) is 0.177. The molecule has 1 aromatic heterocycles. The van der Waals surface area contributed by atoms with Gasteiger partial charge in [0.05, 0.1) is 11.7 Å². The van der Waals surface area contributed by atoms with E-state index in [-0.39, 0.29) is 5.91 Å². The second-order valence-electron chi connectivity index (χ2n) is 17.0. The third-order valence-corrected chi connectivity index (χ3v) is 14.4. The van der Waals surface area contributed by atoms with E-state index in [1.165, 1.54) is 75.5 Å². The second kappa shape index (κ2) is 13.8. The Kier molecular flexibility index (Phi) is 9.43. The molecule has 0 spiro atoms. The number of Topliss-reactive ketones (excluding diaryl/α,β-unsaturated/α-hetero) is 1. The van der Waals surface area contributed by atoms with E-state index < -0.39 is 5.82 Å². The van der Waals surface area contributed by atoms with Gasteiger partial charge in [-0.15, -0.1) is 0 Å². The van der Waals surface area contributed by atoms with E-state index in [1.807, 2.05) is 0 Å². The Hall–Kier alpha value is -3.03. The molecule has 0 radical (unpaired) electrons. The highest BCUT2D eigenvalue weighted by Crippen LogP contribution is 2.66. The molecule has 7 heteroatoms. The van der Waals surface area contributed by atoms with Gasteiger partial charge in [-0.3, -0.25) is 9.59 Å². The summed E-state index contributed by atoms with van der Waals surface area (Å²) in [5, 5.41) is 7.35. The van der Waals surface area contributed by atoms with E-state index in [9.17, 15) is 14.0 Å². The summed E-state index contributed by atoms with van der Waals surface area (Å²) in [4.78, 5) is 28.2. The standard InChI is InChI=1S/C43H56FN3O3/c1-42-18-15-31(48)23-29(42)11-12-32-35-13-14-38(43(35,2)19-16-36(32)42)50-22-6-4-3-5-20-45-26-27-7-9-28(10-8-27)40-33-17-21-46-41(49)34-24-30(44)25-37(47-40)39(33)34/h7-10,24-25,29,32,35-36,38,45,47H,3-6,11-23,26H2,1-2H3,(H,46,49)/t29-,32-,35-,36-,38-,42-,43-/m0/s1. The van der Waals surface area contributed by atoms with Crippen LogP contribution in [-0.4, -0.2) is 42.5 Å². The van der Waals surface area contributed by atoms with Crippen molar-refractivity contribution in [1.82, 2.24) is 15.6 Å². The normalized spacial score (nSPS) is 31.9. The molecule has 8 rings (SSSR count). The molecule has 0 unspecified atom stereocenters. The Morgan fingerprint density at radius 2 is 1.72 bits per heavy atom. The fourth-order valence-corrected chi connectivity index (χ4v) is 11.7. The Morgan fingerprint density at radius 1 is 0.900 bits per heavy atom. The maximum Gasteiger partial charge on any atom is 0.252 e. The number of aromatic amines is 1. The second-order valence-corrected chi connectivity index (χ2v) is 17.0. The van der Waals surface area contributed by atoms with Gasteiger partial charge in [0, 0.05) is 49.1 Å². The zero-order valence-electron chi connectivity index (χ0n) is 30.2. The molecule has 0 bridgehead atoms. The van der Waals surface area contributed by atoms with Crippen molar-refractivity contribution in [3.63, 3.8) is 0 Å². The van der Waals surface area contributed by atoms with Crippen LogP contribution < -0.4 is 10.6 Å². The number of carbonyl (C=O) groups excluding carboxylic acids is 2. The van der Waals surface area contributed by atoms with Crippen LogP contribution >= 0.6 is 0 Å². The molecule has 1 amide bonds. The van der Waals surface area contributed by atoms with Gasteiger partial charge >= 0.3 is 0 Å². The zero-order chi connectivity index (χ0) is 34.5. The number of aromatic nitrogens is 1. The van der Waals surface area contributed by atoms with Crippen LogP contribution in [0.25, 0.3) is 22.2 Å². The number of nitrogens with one attached hydrogen (secondary N) is 3.